The van der Waals surface area contributed by atoms with E-state index in [0.717, 1.165) is 31.7 Å². The minimum Gasteiger partial charge on any atom is -0.380 e. The Morgan fingerprint density at radius 2 is 2.16 bits per heavy atom. The van der Waals surface area contributed by atoms with E-state index in [1.54, 1.807) is 0 Å². The number of benzene rings is 1. The fourth-order valence-electron chi connectivity index (χ4n) is 1.81. The van der Waals surface area contributed by atoms with Crippen molar-refractivity contribution in [3.05, 3.63) is 40.2 Å². The van der Waals surface area contributed by atoms with Crippen molar-refractivity contribution in [2.24, 2.45) is 0 Å². The molecule has 0 aliphatic carbocycles. The maximum atomic E-state index is 5.55. The van der Waals surface area contributed by atoms with Crippen LogP contribution in [0.15, 0.2) is 36.7 Å². The summed E-state index contributed by atoms with van der Waals surface area (Å²) in [6.45, 7) is 4.56. The predicted octanol–water partition coefficient (Wildman–Crippen LogP) is 3.97. The lowest BCUT2D eigenvalue weighted by molar-refractivity contribution is 0.121. The molecular formula is C15H19IN2O. The van der Waals surface area contributed by atoms with Crippen LogP contribution >= 0.6 is 22.6 Å². The summed E-state index contributed by atoms with van der Waals surface area (Å²) < 4.78 is 8.74. The van der Waals surface area contributed by atoms with Crippen molar-refractivity contribution in [2.75, 3.05) is 13.2 Å². The standard InChI is InChI=1S/C15H19IN2O/c1-2-3-8-19-9-7-18-12-14(11-17-18)13-5-4-6-15(16)10-13/h4-6,10-12H,2-3,7-9H2,1H3. The lowest BCUT2D eigenvalue weighted by Gasteiger charge is -2.03. The molecule has 0 aliphatic rings. The van der Waals surface area contributed by atoms with Gasteiger partial charge in [-0.25, -0.2) is 0 Å². The third-order valence-corrected chi connectivity index (χ3v) is 3.57. The van der Waals surface area contributed by atoms with Crippen LogP contribution in [0.3, 0.4) is 0 Å². The molecule has 19 heavy (non-hydrogen) atoms. The molecule has 2 rings (SSSR count). The SMILES string of the molecule is CCCCOCCn1cc(-c2cccc(I)c2)cn1. The molecule has 0 radical (unpaired) electrons. The summed E-state index contributed by atoms with van der Waals surface area (Å²) >= 11 is 2.33. The molecule has 0 N–H and O–H groups in total. The van der Waals surface area contributed by atoms with E-state index in [1.807, 2.05) is 10.9 Å². The van der Waals surface area contributed by atoms with Crippen molar-refractivity contribution >= 4 is 22.6 Å². The van der Waals surface area contributed by atoms with E-state index in [0.29, 0.717) is 0 Å². The Bertz CT molecular complexity index is 510. The minimum absolute atomic E-state index is 0.730. The molecule has 1 aromatic heterocycles. The van der Waals surface area contributed by atoms with Crippen molar-refractivity contribution in [3.63, 3.8) is 0 Å². The zero-order valence-electron chi connectivity index (χ0n) is 11.2. The third-order valence-electron chi connectivity index (χ3n) is 2.90. The summed E-state index contributed by atoms with van der Waals surface area (Å²) in [7, 11) is 0. The van der Waals surface area contributed by atoms with E-state index in [-0.39, 0.29) is 0 Å². The summed E-state index contributed by atoms with van der Waals surface area (Å²) in [4.78, 5) is 0. The second-order valence-corrected chi connectivity index (χ2v) is 5.71. The van der Waals surface area contributed by atoms with Gasteiger partial charge < -0.3 is 4.74 Å². The number of rotatable bonds is 7. The Balaban J connectivity index is 1.88. The van der Waals surface area contributed by atoms with E-state index >= 15 is 0 Å². The summed E-state index contributed by atoms with van der Waals surface area (Å²) in [5, 5.41) is 4.37. The number of halogens is 1. The number of nitrogens with zero attached hydrogens (tertiary/aromatic N) is 2. The van der Waals surface area contributed by atoms with E-state index in [9.17, 15) is 0 Å². The van der Waals surface area contributed by atoms with Crippen LogP contribution in [-0.2, 0) is 11.3 Å². The van der Waals surface area contributed by atoms with Crippen molar-refractivity contribution in [2.45, 2.75) is 26.3 Å². The van der Waals surface area contributed by atoms with Gasteiger partial charge in [0, 0.05) is 21.9 Å². The van der Waals surface area contributed by atoms with Gasteiger partial charge in [-0.3, -0.25) is 4.68 Å². The Morgan fingerprint density at radius 3 is 2.95 bits per heavy atom. The maximum Gasteiger partial charge on any atom is 0.0662 e. The van der Waals surface area contributed by atoms with Gasteiger partial charge in [0.05, 0.1) is 19.3 Å². The van der Waals surface area contributed by atoms with Gasteiger partial charge in [0.2, 0.25) is 0 Å². The van der Waals surface area contributed by atoms with Gasteiger partial charge in [-0.15, -0.1) is 0 Å². The Hall–Kier alpha value is -0.880. The fourth-order valence-corrected chi connectivity index (χ4v) is 2.35. The molecule has 0 fully saturated rings. The molecule has 0 atom stereocenters. The average molecular weight is 370 g/mol. The second-order valence-electron chi connectivity index (χ2n) is 4.47. The average Bonchev–Trinajstić information content (AvgIpc) is 2.87. The molecule has 0 aliphatic heterocycles. The van der Waals surface area contributed by atoms with Gasteiger partial charge in [0.25, 0.3) is 0 Å². The van der Waals surface area contributed by atoms with Crippen molar-refractivity contribution in [3.8, 4) is 11.1 Å². The van der Waals surface area contributed by atoms with Crippen LogP contribution in [0.5, 0.6) is 0 Å². The number of ether oxygens (including phenoxy) is 1. The molecule has 0 amide bonds. The number of unbranched alkanes of at least 4 members (excludes halogenated alkanes) is 1. The monoisotopic (exact) mass is 370 g/mol. The molecule has 4 heteroatoms. The van der Waals surface area contributed by atoms with Gasteiger partial charge in [-0.05, 0) is 46.7 Å². The highest BCUT2D eigenvalue weighted by atomic mass is 127. The van der Waals surface area contributed by atoms with Gasteiger partial charge >= 0.3 is 0 Å². The molecule has 0 bridgehead atoms. The molecule has 2 aromatic rings. The lowest BCUT2D eigenvalue weighted by Crippen LogP contribution is -2.06. The van der Waals surface area contributed by atoms with Crippen LogP contribution in [0.25, 0.3) is 11.1 Å². The lowest BCUT2D eigenvalue weighted by atomic mass is 10.1. The van der Waals surface area contributed by atoms with E-state index in [1.165, 1.54) is 15.6 Å². The number of hydrogen-bond donors (Lipinski definition) is 0. The van der Waals surface area contributed by atoms with Gasteiger partial charge in [-0.1, -0.05) is 25.5 Å². The Morgan fingerprint density at radius 1 is 1.26 bits per heavy atom. The first-order chi connectivity index (χ1) is 9.29. The van der Waals surface area contributed by atoms with E-state index in [4.69, 9.17) is 4.74 Å². The Labute approximate surface area is 128 Å². The van der Waals surface area contributed by atoms with Crippen molar-refractivity contribution in [1.29, 1.82) is 0 Å². The molecule has 3 nitrogen and oxygen atoms in total. The first-order valence-corrected chi connectivity index (χ1v) is 7.73. The first-order valence-electron chi connectivity index (χ1n) is 6.65. The van der Waals surface area contributed by atoms with Crippen molar-refractivity contribution in [1.82, 2.24) is 9.78 Å². The number of aromatic nitrogens is 2. The van der Waals surface area contributed by atoms with E-state index < -0.39 is 0 Å². The van der Waals surface area contributed by atoms with Crippen LogP contribution in [-0.4, -0.2) is 23.0 Å². The molecule has 0 spiro atoms. The third kappa shape index (κ3) is 4.62. The molecule has 1 heterocycles. The fraction of sp³-hybridized carbons (Fsp3) is 0.400. The highest BCUT2D eigenvalue weighted by Gasteiger charge is 2.02. The largest absolute Gasteiger partial charge is 0.380 e. The molecule has 102 valence electrons. The molecule has 0 saturated carbocycles. The normalized spacial score (nSPS) is 10.8. The molecule has 0 unspecified atom stereocenters. The predicted molar refractivity (Wildman–Crippen MR) is 86.1 cm³/mol. The van der Waals surface area contributed by atoms with Crippen LogP contribution in [0, 0.1) is 3.57 Å². The topological polar surface area (TPSA) is 27.1 Å². The quantitative estimate of drug-likeness (QED) is 0.545. The summed E-state index contributed by atoms with van der Waals surface area (Å²) in [6.07, 6.45) is 6.30. The minimum atomic E-state index is 0.730. The number of hydrogen-bond acceptors (Lipinski definition) is 2. The van der Waals surface area contributed by atoms with Gasteiger partial charge in [0.1, 0.15) is 0 Å². The highest BCUT2D eigenvalue weighted by Crippen LogP contribution is 2.20. The molecular weight excluding hydrogens is 351 g/mol. The summed E-state index contributed by atoms with van der Waals surface area (Å²) in [5.74, 6) is 0. The van der Waals surface area contributed by atoms with Gasteiger partial charge in [0.15, 0.2) is 0 Å². The first kappa shape index (κ1) is 14.5. The second kappa shape index (κ2) is 7.65. The summed E-state index contributed by atoms with van der Waals surface area (Å²) in [5.41, 5.74) is 2.37. The Kier molecular flexibility index (Phi) is 5.85. The zero-order valence-corrected chi connectivity index (χ0v) is 13.3. The highest BCUT2D eigenvalue weighted by molar-refractivity contribution is 14.1. The van der Waals surface area contributed by atoms with Crippen LogP contribution in [0.4, 0.5) is 0 Å². The maximum absolute atomic E-state index is 5.55. The molecule has 1 aromatic carbocycles. The van der Waals surface area contributed by atoms with Crippen LogP contribution in [0.2, 0.25) is 0 Å². The zero-order chi connectivity index (χ0) is 13.5. The van der Waals surface area contributed by atoms with E-state index in [2.05, 4.69) is 65.1 Å². The van der Waals surface area contributed by atoms with Crippen LogP contribution < -0.4 is 0 Å². The van der Waals surface area contributed by atoms with Crippen LogP contribution in [0.1, 0.15) is 19.8 Å². The van der Waals surface area contributed by atoms with Crippen molar-refractivity contribution < 1.29 is 4.74 Å². The van der Waals surface area contributed by atoms with Gasteiger partial charge in [-0.2, -0.15) is 5.10 Å². The summed E-state index contributed by atoms with van der Waals surface area (Å²) in [6, 6.07) is 8.44. The molecule has 0 saturated heterocycles. The smallest absolute Gasteiger partial charge is 0.0662 e.